The van der Waals surface area contributed by atoms with Gasteiger partial charge in [0.05, 0.1) is 0 Å². The molecule has 0 fully saturated rings. The second kappa shape index (κ2) is 9.78. The van der Waals surface area contributed by atoms with Crippen molar-refractivity contribution in [1.82, 2.24) is 4.98 Å². The Morgan fingerprint density at radius 2 is 1.32 bits per heavy atom. The third-order valence-electron chi connectivity index (χ3n) is 4.45. The standard InChI is InChI=1S/C5HF3N.3C4H9.Sn/c6-3-1-4(7)9-5(8)2-3;3*1-3-4-2;/h1H;3*1,3-4H2,2H3;. The van der Waals surface area contributed by atoms with E-state index < -0.39 is 36.1 Å². The van der Waals surface area contributed by atoms with E-state index in [-0.39, 0.29) is 3.58 Å². The molecule has 0 saturated heterocycles. The molecule has 0 aliphatic heterocycles. The molecular weight excluding hydrogens is 394 g/mol. The van der Waals surface area contributed by atoms with E-state index in [1.165, 1.54) is 0 Å². The van der Waals surface area contributed by atoms with Crippen LogP contribution in [0.1, 0.15) is 59.3 Å². The molecule has 1 rings (SSSR count). The Bertz CT molecular complexity index is 420. The molecule has 0 spiro atoms. The Kier molecular flexibility index (Phi) is 8.80. The normalized spacial score (nSPS) is 11.9. The number of halogens is 3. The fourth-order valence-electron chi connectivity index (χ4n) is 3.22. The summed E-state index contributed by atoms with van der Waals surface area (Å²) in [5.74, 6) is -2.62. The molecule has 1 nitrogen and oxygen atoms in total. The quantitative estimate of drug-likeness (QED) is 0.356. The monoisotopic (exact) mass is 423 g/mol. The van der Waals surface area contributed by atoms with Crippen molar-refractivity contribution in [2.24, 2.45) is 0 Å². The Hall–Kier alpha value is -0.261. The summed E-state index contributed by atoms with van der Waals surface area (Å²) >= 11 is -3.23. The molecule has 0 bridgehead atoms. The predicted octanol–water partition coefficient (Wildman–Crippen LogP) is 5.56. The number of nitrogens with zero attached hydrogens (tertiary/aromatic N) is 1. The Morgan fingerprint density at radius 3 is 1.68 bits per heavy atom. The van der Waals surface area contributed by atoms with Gasteiger partial charge < -0.3 is 0 Å². The van der Waals surface area contributed by atoms with Crippen LogP contribution in [0.4, 0.5) is 13.2 Å². The fraction of sp³-hybridized carbons (Fsp3) is 0.706. The van der Waals surface area contributed by atoms with Crippen molar-refractivity contribution in [3.8, 4) is 0 Å². The van der Waals surface area contributed by atoms with Gasteiger partial charge in [-0.2, -0.15) is 0 Å². The van der Waals surface area contributed by atoms with Crippen LogP contribution in [0.3, 0.4) is 0 Å². The number of pyridine rings is 1. The topological polar surface area (TPSA) is 12.9 Å². The molecule has 0 unspecified atom stereocenters. The van der Waals surface area contributed by atoms with Crippen LogP contribution in [0.25, 0.3) is 0 Å². The molecule has 0 N–H and O–H groups in total. The average Bonchev–Trinajstić information content (AvgIpc) is 2.47. The van der Waals surface area contributed by atoms with Gasteiger partial charge in [-0.25, -0.2) is 0 Å². The summed E-state index contributed by atoms with van der Waals surface area (Å²) in [6.45, 7) is 6.31. The van der Waals surface area contributed by atoms with Crippen molar-refractivity contribution in [3.05, 3.63) is 23.8 Å². The molecule has 5 heteroatoms. The third-order valence-corrected chi connectivity index (χ3v) is 20.0. The zero-order valence-corrected chi connectivity index (χ0v) is 16.9. The van der Waals surface area contributed by atoms with Crippen molar-refractivity contribution < 1.29 is 13.2 Å². The van der Waals surface area contributed by atoms with Crippen LogP contribution in [0, 0.1) is 17.7 Å². The number of rotatable bonds is 10. The summed E-state index contributed by atoms with van der Waals surface area (Å²) < 4.78 is 45.0. The van der Waals surface area contributed by atoms with Crippen molar-refractivity contribution >= 4 is 22.0 Å². The van der Waals surface area contributed by atoms with E-state index in [1.54, 1.807) is 0 Å². The van der Waals surface area contributed by atoms with Crippen molar-refractivity contribution in [1.29, 1.82) is 0 Å². The summed E-state index contributed by atoms with van der Waals surface area (Å²) in [5.41, 5.74) is 0. The van der Waals surface area contributed by atoms with Crippen LogP contribution < -0.4 is 3.58 Å². The molecule has 0 amide bonds. The van der Waals surface area contributed by atoms with E-state index >= 15 is 0 Å². The third kappa shape index (κ3) is 5.14. The molecule has 0 aliphatic rings. The van der Waals surface area contributed by atoms with Gasteiger partial charge in [-0.3, -0.25) is 0 Å². The molecule has 22 heavy (non-hydrogen) atoms. The molecule has 0 radical (unpaired) electrons. The Morgan fingerprint density at radius 1 is 0.864 bits per heavy atom. The van der Waals surface area contributed by atoms with Gasteiger partial charge in [0.1, 0.15) is 0 Å². The molecule has 0 aliphatic carbocycles. The summed E-state index contributed by atoms with van der Waals surface area (Å²) in [5, 5.41) is 0. The first kappa shape index (κ1) is 19.8. The van der Waals surface area contributed by atoms with Gasteiger partial charge in [-0.05, 0) is 0 Å². The van der Waals surface area contributed by atoms with Crippen LogP contribution in [0.15, 0.2) is 6.07 Å². The maximum absolute atomic E-state index is 14.4. The summed E-state index contributed by atoms with van der Waals surface area (Å²) in [6, 6.07) is 0.772. The summed E-state index contributed by atoms with van der Waals surface area (Å²) in [7, 11) is 0. The molecule has 126 valence electrons. The zero-order chi connectivity index (χ0) is 16.6. The Labute approximate surface area is 136 Å². The van der Waals surface area contributed by atoms with Crippen LogP contribution in [-0.2, 0) is 0 Å². The predicted molar refractivity (Wildman–Crippen MR) is 88.6 cm³/mol. The van der Waals surface area contributed by atoms with E-state index in [9.17, 15) is 13.2 Å². The molecule has 1 aromatic heterocycles. The van der Waals surface area contributed by atoms with Crippen LogP contribution in [0.2, 0.25) is 13.3 Å². The minimum atomic E-state index is -3.23. The molecule has 0 aromatic carbocycles. The maximum atomic E-state index is 14.4. The first-order chi connectivity index (χ1) is 10.5. The van der Waals surface area contributed by atoms with Gasteiger partial charge in [0.15, 0.2) is 0 Å². The van der Waals surface area contributed by atoms with Crippen molar-refractivity contribution in [3.63, 3.8) is 0 Å². The van der Waals surface area contributed by atoms with Gasteiger partial charge in [-0.15, -0.1) is 0 Å². The zero-order valence-electron chi connectivity index (χ0n) is 14.0. The van der Waals surface area contributed by atoms with E-state index in [0.717, 1.165) is 57.9 Å². The van der Waals surface area contributed by atoms with Gasteiger partial charge in [-0.1, -0.05) is 0 Å². The molecular formula is C17H28F3NSn. The summed E-state index contributed by atoms with van der Waals surface area (Å²) in [4.78, 5) is 3.30. The SMILES string of the molecule is CCC[CH2][Sn]([CH2]CCC)([CH2]CCC)[c]1c(F)cc(F)nc1F. The first-order valence-electron chi connectivity index (χ1n) is 8.52. The second-order valence-corrected chi connectivity index (χ2v) is 19.2. The molecule has 0 atom stereocenters. The van der Waals surface area contributed by atoms with Crippen LogP contribution in [0.5, 0.6) is 0 Å². The van der Waals surface area contributed by atoms with E-state index in [2.05, 4.69) is 25.8 Å². The van der Waals surface area contributed by atoms with Crippen molar-refractivity contribution in [2.75, 3.05) is 0 Å². The van der Waals surface area contributed by atoms with Gasteiger partial charge >= 0.3 is 136 Å². The number of hydrogen-bond donors (Lipinski definition) is 0. The van der Waals surface area contributed by atoms with Gasteiger partial charge in [0, 0.05) is 0 Å². The van der Waals surface area contributed by atoms with E-state index in [1.807, 2.05) is 0 Å². The molecule has 0 saturated carbocycles. The summed E-state index contributed by atoms with van der Waals surface area (Å²) in [6.07, 6.45) is 6.07. The Balaban J connectivity index is 3.31. The first-order valence-corrected chi connectivity index (χ1v) is 16.0. The van der Waals surface area contributed by atoms with Gasteiger partial charge in [0.2, 0.25) is 0 Å². The van der Waals surface area contributed by atoms with Crippen molar-refractivity contribution in [2.45, 2.75) is 72.6 Å². The number of aromatic nitrogens is 1. The number of hydrogen-bond acceptors (Lipinski definition) is 1. The van der Waals surface area contributed by atoms with Crippen LogP contribution in [-0.4, -0.2) is 23.4 Å². The average molecular weight is 422 g/mol. The van der Waals surface area contributed by atoms with Gasteiger partial charge in [0.25, 0.3) is 0 Å². The fourth-order valence-corrected chi connectivity index (χ4v) is 19.4. The minimum absolute atomic E-state index is 0.214. The molecule has 1 aromatic rings. The van der Waals surface area contributed by atoms with E-state index in [0.29, 0.717) is 0 Å². The second-order valence-electron chi connectivity index (χ2n) is 6.18. The van der Waals surface area contributed by atoms with Crippen LogP contribution >= 0.6 is 0 Å². The van der Waals surface area contributed by atoms with E-state index in [4.69, 9.17) is 0 Å². The molecule has 1 heterocycles. The number of unbranched alkanes of at least 4 members (excludes halogenated alkanes) is 3.